The molecule has 1 aromatic rings. The van der Waals surface area contributed by atoms with Crippen LogP contribution < -0.4 is 5.32 Å². The molecular weight excluding hydrogens is 286 g/mol. The number of nitrogens with one attached hydrogen (secondary N) is 1. The third kappa shape index (κ3) is 7.18. The van der Waals surface area contributed by atoms with Crippen molar-refractivity contribution in [2.45, 2.75) is 45.3 Å². The van der Waals surface area contributed by atoms with Crippen LogP contribution in [0.25, 0.3) is 0 Å². The van der Waals surface area contributed by atoms with Crippen LogP contribution in [-0.2, 0) is 20.7 Å². The van der Waals surface area contributed by atoms with Crippen LogP contribution in [0.4, 0.5) is 0 Å². The monoisotopic (exact) mass is 309 g/mol. The Hall–Kier alpha value is -1.49. The van der Waals surface area contributed by atoms with Crippen LogP contribution in [0.3, 0.4) is 0 Å². The van der Waals surface area contributed by atoms with E-state index >= 15 is 0 Å². The number of benzene rings is 1. The van der Waals surface area contributed by atoms with Crippen LogP contribution in [0.15, 0.2) is 30.3 Å². The van der Waals surface area contributed by atoms with Gasteiger partial charge in [-0.05, 0) is 32.1 Å². The van der Waals surface area contributed by atoms with Crippen molar-refractivity contribution in [3.8, 4) is 0 Å². The minimum absolute atomic E-state index is 0.197. The molecule has 0 spiro atoms. The van der Waals surface area contributed by atoms with E-state index in [0.717, 1.165) is 5.56 Å². The minimum atomic E-state index is -0.681. The average molecular weight is 309 g/mol. The molecule has 1 atom stereocenters. The van der Waals surface area contributed by atoms with Crippen LogP contribution in [-0.4, -0.2) is 29.3 Å². The Morgan fingerprint density at radius 3 is 2.38 bits per heavy atom. The maximum atomic E-state index is 12.2. The largest absolute Gasteiger partial charge is 0.458 e. The van der Waals surface area contributed by atoms with E-state index in [0.29, 0.717) is 12.2 Å². The summed E-state index contributed by atoms with van der Waals surface area (Å²) in [4.78, 5) is 24.0. The predicted octanol–water partition coefficient (Wildman–Crippen LogP) is 2.38. The zero-order chi connectivity index (χ0) is 15.9. The van der Waals surface area contributed by atoms with E-state index in [1.807, 2.05) is 30.3 Å². The fourth-order valence-corrected chi connectivity index (χ4v) is 1.99. The summed E-state index contributed by atoms with van der Waals surface area (Å²) in [5.74, 6) is -0.172. The van der Waals surface area contributed by atoms with Crippen molar-refractivity contribution in [3.63, 3.8) is 0 Å². The first-order valence-electron chi connectivity index (χ1n) is 6.99. The van der Waals surface area contributed by atoms with Crippen molar-refractivity contribution in [1.29, 1.82) is 0 Å². The summed E-state index contributed by atoms with van der Waals surface area (Å²) in [5.41, 5.74) is 0.389. The number of carbonyl (C=O) groups is 2. The Morgan fingerprint density at radius 1 is 1.24 bits per heavy atom. The number of rotatable bonds is 6. The Morgan fingerprint density at radius 2 is 1.86 bits per heavy atom. The SMILES string of the molecule is CC(C)(C)OC(=O)[C@H](Cc1ccccc1)NC(=O)CCS. The molecule has 0 radical (unpaired) electrons. The molecule has 0 aromatic heterocycles. The van der Waals surface area contributed by atoms with Crippen molar-refractivity contribution in [1.82, 2.24) is 5.32 Å². The van der Waals surface area contributed by atoms with Gasteiger partial charge in [-0.15, -0.1) is 0 Å². The van der Waals surface area contributed by atoms with Gasteiger partial charge in [-0.25, -0.2) is 4.79 Å². The standard InChI is InChI=1S/C16H23NO3S/c1-16(2,3)20-15(19)13(17-14(18)9-10-21)11-12-7-5-4-6-8-12/h4-8,13,21H,9-11H2,1-3H3,(H,17,18)/t13-/m0/s1. The second kappa shape index (κ2) is 8.08. The first-order chi connectivity index (χ1) is 9.81. The third-order valence-corrected chi connectivity index (χ3v) is 2.87. The first kappa shape index (κ1) is 17.6. The van der Waals surface area contributed by atoms with Gasteiger partial charge in [-0.3, -0.25) is 4.79 Å². The molecule has 116 valence electrons. The summed E-state index contributed by atoms with van der Waals surface area (Å²) in [6.07, 6.45) is 0.686. The summed E-state index contributed by atoms with van der Waals surface area (Å²) in [6.45, 7) is 5.42. The molecule has 0 heterocycles. The lowest BCUT2D eigenvalue weighted by Crippen LogP contribution is -2.45. The average Bonchev–Trinajstić information content (AvgIpc) is 2.37. The number of carbonyl (C=O) groups excluding carboxylic acids is 2. The lowest BCUT2D eigenvalue weighted by atomic mass is 10.1. The lowest BCUT2D eigenvalue weighted by Gasteiger charge is -2.24. The highest BCUT2D eigenvalue weighted by atomic mass is 32.1. The van der Waals surface area contributed by atoms with Gasteiger partial charge in [0.2, 0.25) is 5.91 Å². The molecule has 0 saturated heterocycles. The molecule has 1 aromatic carbocycles. The normalized spacial score (nSPS) is 12.6. The number of amides is 1. The molecule has 1 amide bonds. The molecular formula is C16H23NO3S. The molecule has 1 N–H and O–H groups in total. The quantitative estimate of drug-likeness (QED) is 0.626. The van der Waals surface area contributed by atoms with Gasteiger partial charge in [0.1, 0.15) is 11.6 Å². The smallest absolute Gasteiger partial charge is 0.329 e. The Balaban J connectivity index is 2.78. The fourth-order valence-electron chi connectivity index (χ4n) is 1.78. The van der Waals surface area contributed by atoms with Crippen LogP contribution in [0, 0.1) is 0 Å². The topological polar surface area (TPSA) is 55.4 Å². The predicted molar refractivity (Wildman–Crippen MR) is 86.4 cm³/mol. The number of thiol groups is 1. The van der Waals surface area contributed by atoms with Crippen molar-refractivity contribution in [3.05, 3.63) is 35.9 Å². The zero-order valence-corrected chi connectivity index (χ0v) is 13.7. The van der Waals surface area contributed by atoms with Gasteiger partial charge < -0.3 is 10.1 Å². The molecule has 21 heavy (non-hydrogen) atoms. The van der Waals surface area contributed by atoms with Gasteiger partial charge in [0.05, 0.1) is 0 Å². The Bertz CT molecular complexity index is 468. The van der Waals surface area contributed by atoms with Crippen molar-refractivity contribution in [2.75, 3.05) is 5.75 Å². The van der Waals surface area contributed by atoms with Crippen molar-refractivity contribution >= 4 is 24.5 Å². The second-order valence-corrected chi connectivity index (χ2v) is 6.26. The maximum Gasteiger partial charge on any atom is 0.329 e. The maximum absolute atomic E-state index is 12.2. The zero-order valence-electron chi connectivity index (χ0n) is 12.8. The molecule has 0 aliphatic heterocycles. The molecule has 0 saturated carbocycles. The van der Waals surface area contributed by atoms with E-state index in [4.69, 9.17) is 4.74 Å². The van der Waals surface area contributed by atoms with Gasteiger partial charge in [-0.2, -0.15) is 12.6 Å². The fraction of sp³-hybridized carbons (Fsp3) is 0.500. The van der Waals surface area contributed by atoms with Crippen molar-refractivity contribution in [2.24, 2.45) is 0 Å². The first-order valence-corrected chi connectivity index (χ1v) is 7.62. The van der Waals surface area contributed by atoms with Gasteiger partial charge in [0.25, 0.3) is 0 Å². The molecule has 4 nitrogen and oxygen atoms in total. The number of ether oxygens (including phenoxy) is 1. The molecule has 5 heteroatoms. The van der Waals surface area contributed by atoms with E-state index in [9.17, 15) is 9.59 Å². The van der Waals surface area contributed by atoms with Crippen molar-refractivity contribution < 1.29 is 14.3 Å². The second-order valence-electron chi connectivity index (χ2n) is 5.82. The minimum Gasteiger partial charge on any atom is -0.458 e. The summed E-state index contributed by atoms with van der Waals surface area (Å²) in [5, 5.41) is 2.73. The number of esters is 1. The highest BCUT2D eigenvalue weighted by Gasteiger charge is 2.26. The molecule has 1 rings (SSSR count). The van der Waals surface area contributed by atoms with E-state index in [1.165, 1.54) is 0 Å². The van der Waals surface area contributed by atoms with E-state index in [-0.39, 0.29) is 12.3 Å². The molecule has 0 unspecified atom stereocenters. The Kier molecular flexibility index (Phi) is 6.75. The van der Waals surface area contributed by atoms with Gasteiger partial charge >= 0.3 is 5.97 Å². The summed E-state index contributed by atoms with van der Waals surface area (Å²) >= 11 is 4.03. The highest BCUT2D eigenvalue weighted by Crippen LogP contribution is 2.11. The van der Waals surface area contributed by atoms with Gasteiger partial charge in [0.15, 0.2) is 0 Å². The third-order valence-electron chi connectivity index (χ3n) is 2.65. The van der Waals surface area contributed by atoms with E-state index in [2.05, 4.69) is 17.9 Å². The van der Waals surface area contributed by atoms with Crippen LogP contribution >= 0.6 is 12.6 Å². The molecule has 0 aliphatic carbocycles. The van der Waals surface area contributed by atoms with Crippen LogP contribution in [0.5, 0.6) is 0 Å². The molecule has 0 bridgehead atoms. The summed E-state index contributed by atoms with van der Waals surface area (Å²) < 4.78 is 5.38. The molecule has 0 aliphatic rings. The van der Waals surface area contributed by atoms with Gasteiger partial charge in [-0.1, -0.05) is 30.3 Å². The van der Waals surface area contributed by atoms with E-state index < -0.39 is 17.6 Å². The van der Waals surface area contributed by atoms with Gasteiger partial charge in [0, 0.05) is 12.8 Å². The lowest BCUT2D eigenvalue weighted by molar-refractivity contribution is -0.158. The number of hydrogen-bond donors (Lipinski definition) is 2. The van der Waals surface area contributed by atoms with E-state index in [1.54, 1.807) is 20.8 Å². The number of hydrogen-bond acceptors (Lipinski definition) is 4. The summed E-state index contributed by atoms with van der Waals surface area (Å²) in [6, 6.07) is 8.86. The Labute approximate surface area is 131 Å². The van der Waals surface area contributed by atoms with Crippen LogP contribution in [0.1, 0.15) is 32.8 Å². The highest BCUT2D eigenvalue weighted by molar-refractivity contribution is 7.80. The molecule has 0 fully saturated rings. The summed E-state index contributed by atoms with van der Waals surface area (Å²) in [7, 11) is 0. The van der Waals surface area contributed by atoms with Crippen LogP contribution in [0.2, 0.25) is 0 Å².